The van der Waals surface area contributed by atoms with E-state index in [2.05, 4.69) is 15.9 Å². The second kappa shape index (κ2) is 4.35. The fraction of sp³-hybridized carbons (Fsp3) is 0.0909. The van der Waals surface area contributed by atoms with Crippen molar-refractivity contribution in [1.82, 2.24) is 0 Å². The highest BCUT2D eigenvalue weighted by atomic mass is 79.9. The highest BCUT2D eigenvalue weighted by Crippen LogP contribution is 2.29. The van der Waals surface area contributed by atoms with E-state index in [0.29, 0.717) is 5.76 Å². The minimum Gasteiger partial charge on any atom is -0.459 e. The van der Waals surface area contributed by atoms with Crippen LogP contribution in [0.5, 0.6) is 0 Å². The van der Waals surface area contributed by atoms with Gasteiger partial charge in [-0.15, -0.1) is 0 Å². The Hall–Kier alpha value is -1.20. The molecule has 2 rings (SSSR count). The van der Waals surface area contributed by atoms with Crippen LogP contribution in [0.1, 0.15) is 5.76 Å². The molecule has 0 aliphatic carbocycles. The number of aliphatic hydroxyl groups is 1. The van der Waals surface area contributed by atoms with Crippen LogP contribution in [0.2, 0.25) is 0 Å². The Morgan fingerprint density at radius 3 is 2.56 bits per heavy atom. The van der Waals surface area contributed by atoms with E-state index in [9.17, 15) is 8.78 Å². The van der Waals surface area contributed by atoms with E-state index in [-0.39, 0.29) is 22.4 Å². The summed E-state index contributed by atoms with van der Waals surface area (Å²) in [6, 6.07) is 5.07. The first-order valence-corrected chi connectivity index (χ1v) is 5.25. The van der Waals surface area contributed by atoms with E-state index in [1.807, 2.05) is 0 Å². The summed E-state index contributed by atoms with van der Waals surface area (Å²) in [7, 11) is 0. The highest BCUT2D eigenvalue weighted by Gasteiger charge is 2.13. The van der Waals surface area contributed by atoms with Gasteiger partial charge in [0.25, 0.3) is 0 Å². The van der Waals surface area contributed by atoms with Crippen LogP contribution < -0.4 is 0 Å². The van der Waals surface area contributed by atoms with Gasteiger partial charge in [0.2, 0.25) is 0 Å². The average molecular weight is 289 g/mol. The lowest BCUT2D eigenvalue weighted by Crippen LogP contribution is -1.87. The molecule has 0 amide bonds. The quantitative estimate of drug-likeness (QED) is 0.859. The van der Waals surface area contributed by atoms with Gasteiger partial charge in [-0.25, -0.2) is 8.78 Å². The molecule has 0 atom stereocenters. The van der Waals surface area contributed by atoms with E-state index in [4.69, 9.17) is 9.52 Å². The third kappa shape index (κ3) is 2.01. The molecule has 16 heavy (non-hydrogen) atoms. The Balaban J connectivity index is 2.51. The summed E-state index contributed by atoms with van der Waals surface area (Å²) in [6.07, 6.45) is 0. The summed E-state index contributed by atoms with van der Waals surface area (Å²) in [5.74, 6) is -0.670. The van der Waals surface area contributed by atoms with Gasteiger partial charge in [0.1, 0.15) is 29.8 Å². The molecular formula is C11H7BrF2O2. The lowest BCUT2D eigenvalue weighted by Gasteiger charge is -2.01. The monoisotopic (exact) mass is 288 g/mol. The predicted octanol–water partition coefficient (Wildman–Crippen LogP) is 3.48. The van der Waals surface area contributed by atoms with E-state index in [1.165, 1.54) is 12.1 Å². The molecule has 2 nitrogen and oxygen atoms in total. The SMILES string of the molecule is OCc1ccc(-c2cc(F)c(Br)cc2F)o1. The zero-order valence-corrected chi connectivity index (χ0v) is 9.59. The minimum absolute atomic E-state index is 0.0281. The van der Waals surface area contributed by atoms with Crippen molar-refractivity contribution in [2.75, 3.05) is 0 Å². The largest absolute Gasteiger partial charge is 0.459 e. The molecule has 0 radical (unpaired) electrons. The molecule has 0 unspecified atom stereocenters. The number of hydrogen-bond donors (Lipinski definition) is 1. The van der Waals surface area contributed by atoms with Crippen LogP contribution in [0, 0.1) is 11.6 Å². The molecule has 1 heterocycles. The van der Waals surface area contributed by atoms with Crippen molar-refractivity contribution in [2.45, 2.75) is 6.61 Å². The van der Waals surface area contributed by atoms with E-state index < -0.39 is 11.6 Å². The lowest BCUT2D eigenvalue weighted by molar-refractivity contribution is 0.248. The van der Waals surface area contributed by atoms with Crippen molar-refractivity contribution in [3.05, 3.63) is 46.1 Å². The third-order valence-corrected chi connectivity index (χ3v) is 2.70. The molecule has 84 valence electrons. The van der Waals surface area contributed by atoms with Crippen LogP contribution in [0.4, 0.5) is 8.78 Å². The van der Waals surface area contributed by atoms with Gasteiger partial charge in [-0.05, 0) is 40.2 Å². The molecule has 5 heteroatoms. The summed E-state index contributed by atoms with van der Waals surface area (Å²) in [5.41, 5.74) is 0.0281. The molecule has 0 saturated heterocycles. The standard InChI is InChI=1S/C11H7BrF2O2/c12-8-4-9(13)7(3-10(8)14)11-2-1-6(5-15)16-11/h1-4,15H,5H2. The molecule has 0 spiro atoms. The van der Waals surface area contributed by atoms with E-state index in [0.717, 1.165) is 12.1 Å². The van der Waals surface area contributed by atoms with Gasteiger partial charge in [-0.1, -0.05) is 0 Å². The molecule has 0 fully saturated rings. The van der Waals surface area contributed by atoms with Crippen molar-refractivity contribution in [3.63, 3.8) is 0 Å². The molecule has 2 aromatic rings. The van der Waals surface area contributed by atoms with Gasteiger partial charge >= 0.3 is 0 Å². The Labute approximate surface area is 98.6 Å². The van der Waals surface area contributed by atoms with Crippen LogP contribution in [-0.2, 0) is 6.61 Å². The Bertz CT molecular complexity index is 523. The van der Waals surface area contributed by atoms with Gasteiger partial charge in [0.05, 0.1) is 10.0 Å². The first-order chi connectivity index (χ1) is 7.61. The fourth-order valence-corrected chi connectivity index (χ4v) is 1.63. The van der Waals surface area contributed by atoms with Gasteiger partial charge in [0.15, 0.2) is 0 Å². The molecule has 0 saturated carbocycles. The lowest BCUT2D eigenvalue weighted by atomic mass is 10.1. The minimum atomic E-state index is -0.591. The molecule has 0 bridgehead atoms. The van der Waals surface area contributed by atoms with Crippen LogP contribution in [0.25, 0.3) is 11.3 Å². The number of hydrogen-bond acceptors (Lipinski definition) is 2. The van der Waals surface area contributed by atoms with Crippen molar-refractivity contribution >= 4 is 15.9 Å². The molecular weight excluding hydrogens is 282 g/mol. The van der Waals surface area contributed by atoms with Crippen molar-refractivity contribution < 1.29 is 18.3 Å². The first kappa shape index (κ1) is 11.3. The summed E-state index contributed by atoms with van der Waals surface area (Å²) >= 11 is 2.89. The van der Waals surface area contributed by atoms with Crippen molar-refractivity contribution in [1.29, 1.82) is 0 Å². The van der Waals surface area contributed by atoms with Gasteiger partial charge < -0.3 is 9.52 Å². The number of rotatable bonds is 2. The number of aliphatic hydroxyl groups excluding tert-OH is 1. The van der Waals surface area contributed by atoms with Gasteiger partial charge in [0, 0.05) is 0 Å². The van der Waals surface area contributed by atoms with Crippen LogP contribution in [0.15, 0.2) is 33.2 Å². The molecule has 1 N–H and O–H groups in total. The fourth-order valence-electron chi connectivity index (χ4n) is 1.32. The number of furan rings is 1. The summed E-state index contributed by atoms with van der Waals surface area (Å²) in [5, 5.41) is 8.80. The molecule has 0 aliphatic heterocycles. The van der Waals surface area contributed by atoms with Crippen molar-refractivity contribution in [2.24, 2.45) is 0 Å². The topological polar surface area (TPSA) is 33.4 Å². The summed E-state index contributed by atoms with van der Waals surface area (Å²) in [4.78, 5) is 0. The summed E-state index contributed by atoms with van der Waals surface area (Å²) < 4.78 is 31.9. The van der Waals surface area contributed by atoms with Crippen molar-refractivity contribution in [3.8, 4) is 11.3 Å². The maximum atomic E-state index is 13.5. The molecule has 0 aliphatic rings. The van der Waals surface area contributed by atoms with E-state index >= 15 is 0 Å². The maximum Gasteiger partial charge on any atom is 0.138 e. The second-order valence-electron chi connectivity index (χ2n) is 3.17. The van der Waals surface area contributed by atoms with Gasteiger partial charge in [-0.3, -0.25) is 0 Å². The zero-order chi connectivity index (χ0) is 11.7. The molecule has 1 aromatic heterocycles. The average Bonchev–Trinajstić information content (AvgIpc) is 2.71. The highest BCUT2D eigenvalue weighted by molar-refractivity contribution is 9.10. The van der Waals surface area contributed by atoms with Crippen LogP contribution in [-0.4, -0.2) is 5.11 Å². The normalized spacial score (nSPS) is 10.8. The summed E-state index contributed by atoms with van der Waals surface area (Å²) in [6.45, 7) is -0.277. The predicted molar refractivity (Wildman–Crippen MR) is 57.7 cm³/mol. The van der Waals surface area contributed by atoms with Gasteiger partial charge in [-0.2, -0.15) is 0 Å². The van der Waals surface area contributed by atoms with Crippen LogP contribution >= 0.6 is 15.9 Å². The Morgan fingerprint density at radius 2 is 1.94 bits per heavy atom. The maximum absolute atomic E-state index is 13.5. The number of halogens is 3. The zero-order valence-electron chi connectivity index (χ0n) is 8.01. The number of benzene rings is 1. The molecule has 1 aromatic carbocycles. The smallest absolute Gasteiger partial charge is 0.138 e. The van der Waals surface area contributed by atoms with E-state index in [1.54, 1.807) is 0 Å². The third-order valence-electron chi connectivity index (χ3n) is 2.09. The first-order valence-electron chi connectivity index (χ1n) is 4.46. The Morgan fingerprint density at radius 1 is 1.19 bits per heavy atom. The Kier molecular flexibility index (Phi) is 3.07. The second-order valence-corrected chi connectivity index (χ2v) is 4.02. The van der Waals surface area contributed by atoms with Crippen LogP contribution in [0.3, 0.4) is 0 Å².